The molecule has 0 radical (unpaired) electrons. The summed E-state index contributed by atoms with van der Waals surface area (Å²) in [6, 6.07) is 0. The van der Waals surface area contributed by atoms with Crippen LogP contribution in [0.25, 0.3) is 0 Å². The van der Waals surface area contributed by atoms with Crippen LogP contribution in [0.2, 0.25) is 8.43 Å². The van der Waals surface area contributed by atoms with Gasteiger partial charge in [-0.25, -0.2) is 0 Å². The molecule has 0 aromatic rings. The monoisotopic (exact) mass is 344 g/mol. The zero-order valence-electron chi connectivity index (χ0n) is 12.8. The predicted molar refractivity (Wildman–Crippen MR) is 75.7 cm³/mol. The summed E-state index contributed by atoms with van der Waals surface area (Å²) in [5.74, 6) is 0. The normalized spacial score (nSPS) is 13.6. The number of rotatable bonds is 0. The van der Waals surface area contributed by atoms with Gasteiger partial charge in [0.25, 0.3) is 0 Å². The van der Waals surface area contributed by atoms with E-state index in [9.17, 15) is 0 Å². The zero-order valence-corrected chi connectivity index (χ0v) is 15.1. The molecule has 2 nitrogen and oxygen atoms in total. The minimum absolute atomic E-state index is 0.0344. The second kappa shape index (κ2) is 6.96. The summed E-state index contributed by atoms with van der Waals surface area (Å²) in [5.41, 5.74) is -0.0689. The van der Waals surface area contributed by atoms with Crippen molar-refractivity contribution in [3.8, 4) is 0 Å². The Morgan fingerprint density at radius 3 is 0.875 bits per heavy atom. The second-order valence-corrected chi connectivity index (χ2v) is 11.5. The Labute approximate surface area is 113 Å². The van der Waals surface area contributed by atoms with Crippen molar-refractivity contribution in [2.45, 2.75) is 81.8 Å². The van der Waals surface area contributed by atoms with Crippen LogP contribution < -0.4 is 0 Å². The van der Waals surface area contributed by atoms with Crippen LogP contribution in [0.3, 0.4) is 0 Å². The summed E-state index contributed by atoms with van der Waals surface area (Å²) in [6.45, 7) is 19.2. The van der Waals surface area contributed by atoms with E-state index in [0.29, 0.717) is 24.4 Å². The Morgan fingerprint density at radius 2 is 0.812 bits per heavy atom. The van der Waals surface area contributed by atoms with Gasteiger partial charge in [0, 0.05) is 0 Å². The molecule has 0 rings (SSSR count). The fourth-order valence-electron chi connectivity index (χ4n) is 0.300. The predicted octanol–water partition coefficient (Wildman–Crippen LogP) is 4.99. The topological polar surface area (TPSA) is 24.7 Å². The summed E-state index contributed by atoms with van der Waals surface area (Å²) in [4.78, 5) is 2.34. The van der Waals surface area contributed by atoms with Gasteiger partial charge < -0.3 is 0 Å². The van der Waals surface area contributed by atoms with Gasteiger partial charge in [0.15, 0.2) is 0 Å². The van der Waals surface area contributed by atoms with Crippen molar-refractivity contribution in [3.05, 3.63) is 0 Å². The molecule has 0 aliphatic rings. The summed E-state index contributed by atoms with van der Waals surface area (Å²) in [6.07, 6.45) is 0. The van der Waals surface area contributed by atoms with Gasteiger partial charge in [-0.1, -0.05) is 0 Å². The molecule has 0 spiro atoms. The maximum absolute atomic E-state index is 4.15. The van der Waals surface area contributed by atoms with Gasteiger partial charge in [0.2, 0.25) is 0 Å². The van der Waals surface area contributed by atoms with Crippen molar-refractivity contribution in [3.63, 3.8) is 0 Å². The third-order valence-electron chi connectivity index (χ3n) is 1.26. The Hall–Kier alpha value is 0.390. The summed E-state index contributed by atoms with van der Waals surface area (Å²) >= 11 is 0.317. The van der Waals surface area contributed by atoms with Crippen molar-refractivity contribution >= 4 is 20.9 Å². The quantitative estimate of drug-likeness (QED) is 0.438. The van der Waals surface area contributed by atoms with E-state index in [1.54, 1.807) is 0 Å². The van der Waals surface area contributed by atoms with E-state index in [0.717, 1.165) is 0 Å². The summed E-state index contributed by atoms with van der Waals surface area (Å²) < 4.78 is 0.672. The summed E-state index contributed by atoms with van der Waals surface area (Å²) in [5, 5.41) is 8.31. The Balaban J connectivity index is 0. The van der Waals surface area contributed by atoms with Crippen LogP contribution in [0.1, 0.15) is 62.3 Å². The molecule has 16 heavy (non-hydrogen) atoms. The van der Waals surface area contributed by atoms with Crippen molar-refractivity contribution in [1.29, 1.82) is 0 Å². The first-order chi connectivity index (χ1) is 6.77. The molecule has 0 unspecified atom stereocenters. The third-order valence-corrected chi connectivity index (χ3v) is 4.76. The molecule has 0 fully saturated rings. The Bertz CT molecular complexity index is 185. The van der Waals surface area contributed by atoms with Crippen LogP contribution >= 0.6 is 0 Å². The number of hydrogen-bond donors (Lipinski definition) is 0. The Morgan fingerprint density at radius 1 is 0.625 bits per heavy atom. The molecular formula is C13H30N2Te. The zero-order chi connectivity index (χ0) is 13.6. The van der Waals surface area contributed by atoms with Crippen molar-refractivity contribution in [1.82, 2.24) is 0 Å². The van der Waals surface area contributed by atoms with Crippen LogP contribution in [0.4, 0.5) is 0 Å². The molecule has 0 amide bonds. The molecule has 0 aromatic carbocycles. The van der Waals surface area contributed by atoms with E-state index in [1.165, 1.54) is 0 Å². The van der Waals surface area contributed by atoms with Gasteiger partial charge in [0.1, 0.15) is 0 Å². The fourth-order valence-corrected chi connectivity index (χ4v) is 0.300. The van der Waals surface area contributed by atoms with Gasteiger partial charge >= 0.3 is 50.1 Å². The number of hydrogen-bond acceptors (Lipinski definition) is 2. The van der Waals surface area contributed by atoms with Crippen molar-refractivity contribution in [2.75, 3.05) is 0 Å². The molecular weight excluding hydrogens is 312 g/mol. The van der Waals surface area contributed by atoms with Crippen LogP contribution in [-0.4, -0.2) is 32.0 Å². The number of azo groups is 1. The van der Waals surface area contributed by atoms with Crippen LogP contribution in [0.15, 0.2) is 10.2 Å². The first-order valence-electron chi connectivity index (χ1n) is 5.76. The van der Waals surface area contributed by atoms with Gasteiger partial charge in [-0.15, -0.1) is 0 Å². The molecule has 0 aliphatic heterocycles. The van der Waals surface area contributed by atoms with Crippen molar-refractivity contribution < 1.29 is 0 Å². The van der Waals surface area contributed by atoms with Crippen molar-refractivity contribution in [2.24, 2.45) is 10.2 Å². The molecule has 0 saturated carbocycles. The molecule has 0 bridgehead atoms. The molecule has 0 atom stereocenters. The second-order valence-electron chi connectivity index (χ2n) is 6.86. The van der Waals surface area contributed by atoms with E-state index < -0.39 is 0 Å². The van der Waals surface area contributed by atoms with E-state index >= 15 is 0 Å². The van der Waals surface area contributed by atoms with Crippen LogP contribution in [-0.2, 0) is 0 Å². The van der Waals surface area contributed by atoms with E-state index in [2.05, 4.69) is 36.0 Å². The summed E-state index contributed by atoms with van der Waals surface area (Å²) in [7, 11) is 0. The standard InChI is InChI=1S/C8H18N2.C5H12Te/c1-7(2,3)9-10-8(4,5)6;1-5(2,3)6-4/h1-6H3;1-4H3. The molecule has 0 saturated heterocycles. The van der Waals surface area contributed by atoms with Gasteiger partial charge in [0.05, 0.1) is 11.1 Å². The molecule has 0 aromatic heterocycles. The molecule has 0 N–H and O–H groups in total. The molecule has 0 aliphatic carbocycles. The Kier molecular flexibility index (Phi) is 8.16. The van der Waals surface area contributed by atoms with Gasteiger partial charge in [-0.2, -0.15) is 10.2 Å². The molecule has 3 heteroatoms. The average molecular weight is 342 g/mol. The van der Waals surface area contributed by atoms with Crippen LogP contribution in [0, 0.1) is 0 Å². The fraction of sp³-hybridized carbons (Fsp3) is 1.00. The van der Waals surface area contributed by atoms with Gasteiger partial charge in [-0.05, 0) is 41.5 Å². The average Bonchev–Trinajstić information content (AvgIpc) is 1.98. The minimum atomic E-state index is -0.0344. The van der Waals surface area contributed by atoms with E-state index in [-0.39, 0.29) is 11.1 Å². The third kappa shape index (κ3) is 23.9. The SMILES string of the molecule is CC(C)(C)N=NC(C)(C)C.C[Te]C(C)(C)C. The van der Waals surface area contributed by atoms with E-state index in [1.807, 2.05) is 41.5 Å². The molecule has 0 heterocycles. The number of nitrogens with zero attached hydrogens (tertiary/aromatic N) is 2. The first kappa shape index (κ1) is 18.7. The maximum atomic E-state index is 4.15. The van der Waals surface area contributed by atoms with Gasteiger partial charge in [-0.3, -0.25) is 0 Å². The molecule has 98 valence electrons. The van der Waals surface area contributed by atoms with Crippen LogP contribution in [0.5, 0.6) is 0 Å². The van der Waals surface area contributed by atoms with E-state index in [4.69, 9.17) is 0 Å². The first-order valence-corrected chi connectivity index (χ1v) is 9.26.